The Kier molecular flexibility index (Phi) is 6.18. The molecule has 1 saturated heterocycles. The third-order valence-corrected chi connectivity index (χ3v) is 6.40. The lowest BCUT2D eigenvalue weighted by molar-refractivity contribution is -0.137. The number of alkyl halides is 4. The Labute approximate surface area is 209 Å². The van der Waals surface area contributed by atoms with Crippen LogP contribution in [-0.4, -0.2) is 49.9 Å². The Hall–Kier alpha value is -4.22. The third kappa shape index (κ3) is 4.54. The minimum absolute atomic E-state index is 0.0667. The van der Waals surface area contributed by atoms with Crippen LogP contribution < -0.4 is 10.6 Å². The zero-order chi connectivity index (χ0) is 26.3. The zero-order valence-electron chi connectivity index (χ0n) is 19.7. The summed E-state index contributed by atoms with van der Waals surface area (Å²) in [6.45, 7) is 2.86. The minimum Gasteiger partial charge on any atom is -0.368 e. The van der Waals surface area contributed by atoms with E-state index in [1.165, 1.54) is 28.1 Å². The van der Waals surface area contributed by atoms with Crippen molar-refractivity contribution in [2.24, 2.45) is 0 Å². The molecule has 12 heteroatoms. The molecule has 1 aromatic carbocycles. The van der Waals surface area contributed by atoms with E-state index in [0.29, 0.717) is 29.2 Å². The lowest BCUT2D eigenvalue weighted by Crippen LogP contribution is -2.36. The first-order chi connectivity index (χ1) is 17.7. The molecule has 1 fully saturated rings. The van der Waals surface area contributed by atoms with Gasteiger partial charge in [0, 0.05) is 49.2 Å². The molecule has 2 atom stereocenters. The van der Waals surface area contributed by atoms with E-state index < -0.39 is 29.9 Å². The van der Waals surface area contributed by atoms with Gasteiger partial charge in [0.15, 0.2) is 6.17 Å². The molecule has 2 aromatic heterocycles. The Bertz CT molecular complexity index is 1380. The van der Waals surface area contributed by atoms with Crippen LogP contribution in [0.25, 0.3) is 11.4 Å². The summed E-state index contributed by atoms with van der Waals surface area (Å²) >= 11 is 0. The van der Waals surface area contributed by atoms with Crippen molar-refractivity contribution in [2.45, 2.75) is 31.7 Å². The summed E-state index contributed by atoms with van der Waals surface area (Å²) in [4.78, 5) is 24.0. The maximum Gasteiger partial charge on any atom is 0.416 e. The molecule has 2 N–H and O–H groups in total. The summed E-state index contributed by atoms with van der Waals surface area (Å²) in [5.74, 6) is -0.684. The van der Waals surface area contributed by atoms with E-state index in [2.05, 4.69) is 15.1 Å². The van der Waals surface area contributed by atoms with Gasteiger partial charge in [-0.05, 0) is 43.3 Å². The summed E-state index contributed by atoms with van der Waals surface area (Å²) in [5, 5.41) is 4.55. The smallest absolute Gasteiger partial charge is 0.368 e. The maximum absolute atomic E-state index is 16.1. The number of hydrogen-bond acceptors (Lipinski definition) is 5. The summed E-state index contributed by atoms with van der Waals surface area (Å²) < 4.78 is 56.5. The topological polar surface area (TPSA) is 93.2 Å². The molecule has 3 heterocycles. The maximum atomic E-state index is 16.1. The van der Waals surface area contributed by atoms with Crippen LogP contribution in [0.1, 0.15) is 24.0 Å². The SMILES string of the molecule is CCn1cc(C2C=CC=C(N3CCN(c4ccc(C(F)(F)F)cc4)C3=O)C2F)c(-c2ccnc(N)n2)n1. The lowest BCUT2D eigenvalue weighted by Gasteiger charge is -2.29. The molecular weight excluding hydrogens is 490 g/mol. The first kappa shape index (κ1) is 24.5. The predicted octanol–water partition coefficient (Wildman–Crippen LogP) is 4.78. The first-order valence-corrected chi connectivity index (χ1v) is 11.6. The van der Waals surface area contributed by atoms with Crippen LogP contribution in [-0.2, 0) is 12.7 Å². The molecule has 0 saturated carbocycles. The van der Waals surface area contributed by atoms with E-state index in [-0.39, 0.29) is 24.7 Å². The van der Waals surface area contributed by atoms with Crippen molar-refractivity contribution in [1.82, 2.24) is 24.6 Å². The van der Waals surface area contributed by atoms with Gasteiger partial charge in [-0.3, -0.25) is 14.5 Å². The highest BCUT2D eigenvalue weighted by molar-refractivity contribution is 5.95. The number of nitrogens with two attached hydrogens (primary N) is 1. The standard InChI is InChI=1S/C25H23F4N7O/c1-2-34-14-18(22(33-34)19-10-11-31-23(30)32-19)17-4-3-5-20(21(17)26)36-13-12-35(24(36)37)16-8-6-15(7-9-16)25(27,28)29/h3-11,14,17,21H,2,12-13H2,1H3,(H2,30,31,32). The average molecular weight is 513 g/mol. The number of halogens is 4. The molecule has 0 radical (unpaired) electrons. The van der Waals surface area contributed by atoms with Gasteiger partial charge in [0.25, 0.3) is 0 Å². The molecular formula is C25H23F4N7O. The van der Waals surface area contributed by atoms with Gasteiger partial charge >= 0.3 is 12.2 Å². The zero-order valence-corrected chi connectivity index (χ0v) is 19.7. The van der Waals surface area contributed by atoms with Gasteiger partial charge in [-0.15, -0.1) is 0 Å². The predicted molar refractivity (Wildman–Crippen MR) is 129 cm³/mol. The number of hydrogen-bond donors (Lipinski definition) is 1. The molecule has 8 nitrogen and oxygen atoms in total. The van der Waals surface area contributed by atoms with Crippen LogP contribution in [0.3, 0.4) is 0 Å². The van der Waals surface area contributed by atoms with Crippen molar-refractivity contribution in [1.29, 1.82) is 0 Å². The first-order valence-electron chi connectivity index (χ1n) is 11.6. The third-order valence-electron chi connectivity index (χ3n) is 6.40. The molecule has 37 heavy (non-hydrogen) atoms. The largest absolute Gasteiger partial charge is 0.416 e. The molecule has 2 unspecified atom stereocenters. The highest BCUT2D eigenvalue weighted by Gasteiger charge is 2.39. The molecule has 0 spiro atoms. The van der Waals surface area contributed by atoms with E-state index in [4.69, 9.17) is 5.73 Å². The number of rotatable bonds is 5. The number of carbonyl (C=O) groups is 1. The number of amides is 2. The number of urea groups is 1. The number of carbonyl (C=O) groups excluding carboxylic acids is 1. The van der Waals surface area contributed by atoms with Crippen molar-refractivity contribution in [3.05, 3.63) is 77.8 Å². The number of benzene rings is 1. The summed E-state index contributed by atoms with van der Waals surface area (Å²) in [5.41, 5.74) is 6.93. The monoisotopic (exact) mass is 513 g/mol. The van der Waals surface area contributed by atoms with Crippen molar-refractivity contribution < 1.29 is 22.4 Å². The van der Waals surface area contributed by atoms with Crippen LogP contribution >= 0.6 is 0 Å². The molecule has 0 bridgehead atoms. The fourth-order valence-corrected chi connectivity index (χ4v) is 4.54. The van der Waals surface area contributed by atoms with Crippen LogP contribution in [0.5, 0.6) is 0 Å². The van der Waals surface area contributed by atoms with E-state index in [1.54, 1.807) is 35.2 Å². The fraction of sp³-hybridized carbons (Fsp3) is 0.280. The number of aromatic nitrogens is 4. The quantitative estimate of drug-likeness (QED) is 0.496. The van der Waals surface area contributed by atoms with Crippen molar-refractivity contribution in [3.8, 4) is 11.4 Å². The van der Waals surface area contributed by atoms with E-state index >= 15 is 4.39 Å². The number of nitrogens with zero attached hydrogens (tertiary/aromatic N) is 6. The molecule has 1 aliphatic heterocycles. The Morgan fingerprint density at radius 1 is 1.11 bits per heavy atom. The Morgan fingerprint density at radius 3 is 2.51 bits per heavy atom. The van der Waals surface area contributed by atoms with Gasteiger partial charge in [-0.25, -0.2) is 19.2 Å². The van der Waals surface area contributed by atoms with Gasteiger partial charge < -0.3 is 5.73 Å². The van der Waals surface area contributed by atoms with Crippen LogP contribution in [0.4, 0.5) is 34.0 Å². The summed E-state index contributed by atoms with van der Waals surface area (Å²) in [6.07, 6.45) is 2.13. The summed E-state index contributed by atoms with van der Waals surface area (Å²) in [6, 6.07) is 5.48. The molecule has 2 amide bonds. The Morgan fingerprint density at radius 2 is 1.84 bits per heavy atom. The highest BCUT2D eigenvalue weighted by Crippen LogP contribution is 2.39. The van der Waals surface area contributed by atoms with Gasteiger partial charge in [0.2, 0.25) is 5.95 Å². The second-order valence-corrected chi connectivity index (χ2v) is 8.62. The van der Waals surface area contributed by atoms with Crippen LogP contribution in [0, 0.1) is 0 Å². The van der Waals surface area contributed by atoms with E-state index in [0.717, 1.165) is 12.1 Å². The number of aryl methyl sites for hydroxylation is 1. The lowest BCUT2D eigenvalue weighted by atomic mass is 9.88. The van der Waals surface area contributed by atoms with E-state index in [1.807, 2.05) is 6.92 Å². The molecule has 3 aromatic rings. The summed E-state index contributed by atoms with van der Waals surface area (Å²) in [7, 11) is 0. The van der Waals surface area contributed by atoms with Gasteiger partial charge in [-0.1, -0.05) is 12.2 Å². The highest BCUT2D eigenvalue weighted by atomic mass is 19.4. The number of allylic oxidation sites excluding steroid dienone is 4. The van der Waals surface area contributed by atoms with Gasteiger partial charge in [0.1, 0.15) is 5.69 Å². The van der Waals surface area contributed by atoms with Crippen molar-refractivity contribution >= 4 is 17.7 Å². The van der Waals surface area contributed by atoms with Crippen LogP contribution in [0.2, 0.25) is 0 Å². The number of anilines is 2. The molecule has 192 valence electrons. The van der Waals surface area contributed by atoms with Crippen LogP contribution in [0.15, 0.2) is 66.7 Å². The van der Waals surface area contributed by atoms with Gasteiger partial charge in [-0.2, -0.15) is 18.3 Å². The normalized spacial score (nSPS) is 20.0. The number of nitrogen functional groups attached to an aromatic ring is 1. The molecule has 5 rings (SSSR count). The molecule has 1 aliphatic carbocycles. The average Bonchev–Trinajstić information content (AvgIpc) is 3.47. The van der Waals surface area contributed by atoms with Gasteiger partial charge in [0.05, 0.1) is 17.0 Å². The minimum atomic E-state index is -4.47. The fourth-order valence-electron chi connectivity index (χ4n) is 4.54. The van der Waals surface area contributed by atoms with Crippen molar-refractivity contribution in [3.63, 3.8) is 0 Å². The second-order valence-electron chi connectivity index (χ2n) is 8.62. The Balaban J connectivity index is 1.40. The van der Waals surface area contributed by atoms with Crippen molar-refractivity contribution in [2.75, 3.05) is 23.7 Å². The molecule has 2 aliphatic rings. The second kappa shape index (κ2) is 9.34. The van der Waals surface area contributed by atoms with E-state index in [9.17, 15) is 18.0 Å².